The van der Waals surface area contributed by atoms with Gasteiger partial charge < -0.3 is 19.5 Å². The molecule has 1 aromatic carbocycles. The van der Waals surface area contributed by atoms with E-state index in [0.717, 1.165) is 0 Å². The SMILES string of the molecule is COc1cn2c(cc1=O)C(=O)N(CCNC(=O)c1cc(Cl)ccc1Cl)CC2. The smallest absolute Gasteiger partial charge is 0.270 e. The molecule has 3 rings (SSSR count). The molecule has 142 valence electrons. The van der Waals surface area contributed by atoms with Crippen molar-refractivity contribution in [2.24, 2.45) is 0 Å². The largest absolute Gasteiger partial charge is 0.491 e. The van der Waals surface area contributed by atoms with Crippen LogP contribution in [0, 0.1) is 0 Å². The Bertz CT molecular complexity index is 958. The predicted molar refractivity (Wildman–Crippen MR) is 102 cm³/mol. The normalized spacial score (nSPS) is 13.3. The molecule has 1 aromatic heterocycles. The van der Waals surface area contributed by atoms with Gasteiger partial charge in [-0.15, -0.1) is 0 Å². The van der Waals surface area contributed by atoms with E-state index in [4.69, 9.17) is 27.9 Å². The highest BCUT2D eigenvalue weighted by molar-refractivity contribution is 6.35. The van der Waals surface area contributed by atoms with E-state index in [0.29, 0.717) is 35.4 Å². The lowest BCUT2D eigenvalue weighted by Crippen LogP contribution is -2.45. The van der Waals surface area contributed by atoms with Gasteiger partial charge in [-0.25, -0.2) is 0 Å². The van der Waals surface area contributed by atoms with Crippen molar-refractivity contribution >= 4 is 35.0 Å². The number of hydrogen-bond donors (Lipinski definition) is 1. The molecular weight excluding hydrogens is 393 g/mol. The first-order valence-corrected chi connectivity index (χ1v) is 8.97. The van der Waals surface area contributed by atoms with Crippen LogP contribution in [0.1, 0.15) is 20.8 Å². The predicted octanol–water partition coefficient (Wildman–Crippen LogP) is 2.05. The maximum atomic E-state index is 12.6. The highest BCUT2D eigenvalue weighted by atomic mass is 35.5. The summed E-state index contributed by atoms with van der Waals surface area (Å²) in [4.78, 5) is 38.3. The average Bonchev–Trinajstić information content (AvgIpc) is 2.65. The van der Waals surface area contributed by atoms with Crippen molar-refractivity contribution in [3.8, 4) is 5.75 Å². The van der Waals surface area contributed by atoms with Crippen molar-refractivity contribution < 1.29 is 14.3 Å². The van der Waals surface area contributed by atoms with Crippen LogP contribution in [0.5, 0.6) is 5.75 Å². The Kier molecular flexibility index (Phi) is 5.72. The van der Waals surface area contributed by atoms with Gasteiger partial charge in [0.25, 0.3) is 11.8 Å². The van der Waals surface area contributed by atoms with E-state index in [1.165, 1.54) is 25.4 Å². The zero-order valence-corrected chi connectivity index (χ0v) is 16.0. The van der Waals surface area contributed by atoms with Gasteiger partial charge in [-0.1, -0.05) is 23.2 Å². The number of methoxy groups -OCH3 is 1. The monoisotopic (exact) mass is 409 g/mol. The maximum absolute atomic E-state index is 12.6. The number of benzene rings is 1. The van der Waals surface area contributed by atoms with Crippen LogP contribution >= 0.6 is 23.2 Å². The van der Waals surface area contributed by atoms with Crippen LogP contribution in [0.4, 0.5) is 0 Å². The molecule has 1 aliphatic heterocycles. The third-order valence-corrected chi connectivity index (χ3v) is 4.84. The second-order valence-electron chi connectivity index (χ2n) is 5.96. The van der Waals surface area contributed by atoms with Gasteiger partial charge in [0.15, 0.2) is 5.75 Å². The van der Waals surface area contributed by atoms with Crippen molar-refractivity contribution in [1.29, 1.82) is 0 Å². The molecule has 1 aliphatic rings. The number of fused-ring (bicyclic) bond motifs is 1. The zero-order valence-electron chi connectivity index (χ0n) is 14.5. The summed E-state index contributed by atoms with van der Waals surface area (Å²) < 4.78 is 6.70. The molecule has 2 amide bonds. The third-order valence-electron chi connectivity index (χ3n) is 4.27. The molecule has 0 saturated heterocycles. The Balaban J connectivity index is 1.63. The molecular formula is C18H17Cl2N3O4. The quantitative estimate of drug-likeness (QED) is 0.819. The first-order chi connectivity index (χ1) is 12.9. The van der Waals surface area contributed by atoms with Crippen LogP contribution in [-0.2, 0) is 6.54 Å². The number of nitrogens with one attached hydrogen (secondary N) is 1. The van der Waals surface area contributed by atoms with Crippen LogP contribution in [0.25, 0.3) is 0 Å². The Labute approximate surface area is 165 Å². The number of halogens is 2. The zero-order chi connectivity index (χ0) is 19.6. The molecule has 1 N–H and O–H groups in total. The van der Waals surface area contributed by atoms with Crippen molar-refractivity contribution in [3.63, 3.8) is 0 Å². The van der Waals surface area contributed by atoms with E-state index in [9.17, 15) is 14.4 Å². The van der Waals surface area contributed by atoms with Crippen molar-refractivity contribution in [1.82, 2.24) is 14.8 Å². The molecule has 2 aromatic rings. The van der Waals surface area contributed by atoms with Gasteiger partial charge in [0, 0.05) is 37.3 Å². The fourth-order valence-corrected chi connectivity index (χ4v) is 3.23. The topological polar surface area (TPSA) is 80.6 Å². The molecule has 27 heavy (non-hydrogen) atoms. The lowest BCUT2D eigenvalue weighted by molar-refractivity contribution is 0.0696. The molecule has 9 heteroatoms. The first-order valence-electron chi connectivity index (χ1n) is 8.21. The van der Waals surface area contributed by atoms with Crippen molar-refractivity contribution in [2.45, 2.75) is 6.54 Å². The number of rotatable bonds is 5. The summed E-state index contributed by atoms with van der Waals surface area (Å²) in [5.74, 6) is -0.435. The summed E-state index contributed by atoms with van der Waals surface area (Å²) in [6, 6.07) is 5.91. The molecule has 0 saturated carbocycles. The summed E-state index contributed by atoms with van der Waals surface area (Å²) in [7, 11) is 1.41. The summed E-state index contributed by atoms with van der Waals surface area (Å²) >= 11 is 11.9. The summed E-state index contributed by atoms with van der Waals surface area (Å²) in [5.41, 5.74) is 0.234. The number of nitrogens with zero attached hydrogens (tertiary/aromatic N) is 2. The molecule has 0 spiro atoms. The standard InChI is InChI=1S/C18H17Cl2N3O4/c1-27-16-10-23-7-6-22(18(26)14(23)9-15(16)24)5-4-21-17(25)12-8-11(19)2-3-13(12)20/h2-3,8-10H,4-7H2,1H3,(H,21,25). The molecule has 2 heterocycles. The van der Waals surface area contributed by atoms with Crippen LogP contribution in [0.3, 0.4) is 0 Å². The minimum atomic E-state index is -0.367. The van der Waals surface area contributed by atoms with Crippen molar-refractivity contribution in [2.75, 3.05) is 26.7 Å². The van der Waals surface area contributed by atoms with Gasteiger partial charge in [0.05, 0.1) is 23.9 Å². The van der Waals surface area contributed by atoms with Gasteiger partial charge in [-0.05, 0) is 18.2 Å². The number of amides is 2. The molecule has 7 nitrogen and oxygen atoms in total. The van der Waals surface area contributed by atoms with E-state index >= 15 is 0 Å². The fourth-order valence-electron chi connectivity index (χ4n) is 2.85. The van der Waals surface area contributed by atoms with E-state index in [-0.39, 0.29) is 35.1 Å². The highest BCUT2D eigenvalue weighted by Crippen LogP contribution is 2.20. The van der Waals surface area contributed by atoms with E-state index < -0.39 is 0 Å². The Morgan fingerprint density at radius 2 is 2.00 bits per heavy atom. The van der Waals surface area contributed by atoms with Gasteiger partial charge in [-0.2, -0.15) is 0 Å². The highest BCUT2D eigenvalue weighted by Gasteiger charge is 2.25. The molecule has 0 aliphatic carbocycles. The summed E-state index contributed by atoms with van der Waals surface area (Å²) in [6.07, 6.45) is 1.54. The van der Waals surface area contributed by atoms with Gasteiger partial charge >= 0.3 is 0 Å². The molecule has 0 radical (unpaired) electrons. The second kappa shape index (κ2) is 8.02. The molecule has 0 atom stereocenters. The van der Waals surface area contributed by atoms with Gasteiger partial charge in [0.2, 0.25) is 5.43 Å². The minimum Gasteiger partial charge on any atom is -0.491 e. The summed E-state index contributed by atoms with van der Waals surface area (Å²) in [5, 5.41) is 3.43. The number of pyridine rings is 1. The lowest BCUT2D eigenvalue weighted by Gasteiger charge is -2.30. The third kappa shape index (κ3) is 4.09. The maximum Gasteiger partial charge on any atom is 0.270 e. The number of carbonyl (C=O) groups excluding carboxylic acids is 2. The van der Waals surface area contributed by atoms with Crippen LogP contribution in [0.2, 0.25) is 10.0 Å². The number of hydrogen-bond acceptors (Lipinski definition) is 4. The van der Waals surface area contributed by atoms with Crippen LogP contribution < -0.4 is 15.5 Å². The van der Waals surface area contributed by atoms with E-state index in [1.807, 2.05) is 0 Å². The van der Waals surface area contributed by atoms with Gasteiger partial charge in [-0.3, -0.25) is 14.4 Å². The lowest BCUT2D eigenvalue weighted by atomic mass is 10.2. The van der Waals surface area contributed by atoms with Gasteiger partial charge in [0.1, 0.15) is 5.69 Å². The fraction of sp³-hybridized carbons (Fsp3) is 0.278. The number of ether oxygens (including phenoxy) is 1. The van der Waals surface area contributed by atoms with E-state index in [2.05, 4.69) is 5.32 Å². The van der Waals surface area contributed by atoms with Crippen LogP contribution in [-0.4, -0.2) is 48.0 Å². The van der Waals surface area contributed by atoms with Crippen LogP contribution in [0.15, 0.2) is 35.3 Å². The van der Waals surface area contributed by atoms with Crippen molar-refractivity contribution in [3.05, 3.63) is 62.0 Å². The Hall–Kier alpha value is -2.51. The number of carbonyl (C=O) groups is 2. The number of aromatic nitrogens is 1. The minimum absolute atomic E-state index is 0.200. The molecule has 0 bridgehead atoms. The average molecular weight is 410 g/mol. The first kappa shape index (κ1) is 19.3. The van der Waals surface area contributed by atoms with E-state index in [1.54, 1.807) is 21.6 Å². The molecule has 0 unspecified atom stereocenters. The Morgan fingerprint density at radius 3 is 2.74 bits per heavy atom. The summed E-state index contributed by atoms with van der Waals surface area (Å²) in [6.45, 7) is 1.55. The molecule has 0 fully saturated rings. The second-order valence-corrected chi connectivity index (χ2v) is 6.80. The Morgan fingerprint density at radius 1 is 1.22 bits per heavy atom.